The van der Waals surface area contributed by atoms with Crippen LogP contribution in [0.2, 0.25) is 0 Å². The fraction of sp³-hybridized carbons (Fsp3) is 0.778. The van der Waals surface area contributed by atoms with Crippen LogP contribution in [0.5, 0.6) is 0 Å². The highest BCUT2D eigenvalue weighted by molar-refractivity contribution is 5.79. The summed E-state index contributed by atoms with van der Waals surface area (Å²) in [6, 6.07) is 2.47. The van der Waals surface area contributed by atoms with Gasteiger partial charge in [-0.05, 0) is 51.6 Å². The van der Waals surface area contributed by atoms with Gasteiger partial charge in [0.05, 0.1) is 6.54 Å². The van der Waals surface area contributed by atoms with Crippen molar-refractivity contribution >= 4 is 5.96 Å². The van der Waals surface area contributed by atoms with Crippen LogP contribution in [-0.2, 0) is 6.54 Å². The lowest BCUT2D eigenvalue weighted by atomic mass is 9.99. The van der Waals surface area contributed by atoms with E-state index in [-0.39, 0.29) is 0 Å². The van der Waals surface area contributed by atoms with Gasteiger partial charge in [0.15, 0.2) is 5.96 Å². The van der Waals surface area contributed by atoms with Crippen LogP contribution in [0.25, 0.3) is 0 Å². The van der Waals surface area contributed by atoms with Crippen LogP contribution in [0.3, 0.4) is 0 Å². The third kappa shape index (κ3) is 6.51. The number of nitrogens with one attached hydrogen (secondary N) is 2. The molecule has 0 bridgehead atoms. The number of hydrogen-bond acceptors (Lipinski definition) is 3. The molecule has 2 heterocycles. The molecule has 0 radical (unpaired) electrons. The zero-order valence-electron chi connectivity index (χ0n) is 15.5. The fourth-order valence-corrected chi connectivity index (χ4v) is 3.19. The van der Waals surface area contributed by atoms with Gasteiger partial charge in [0.1, 0.15) is 0 Å². The van der Waals surface area contributed by atoms with Crippen molar-refractivity contribution in [2.45, 2.75) is 52.6 Å². The van der Waals surface area contributed by atoms with Gasteiger partial charge < -0.3 is 10.6 Å². The summed E-state index contributed by atoms with van der Waals surface area (Å²) in [5, 5.41) is 11.0. The molecule has 1 aromatic heterocycles. The average molecular weight is 335 g/mol. The highest BCUT2D eigenvalue weighted by atomic mass is 15.3. The van der Waals surface area contributed by atoms with E-state index in [0.29, 0.717) is 6.04 Å². The second-order valence-electron chi connectivity index (χ2n) is 6.86. The number of aromatic nitrogens is 2. The Kier molecular flexibility index (Phi) is 8.08. The quantitative estimate of drug-likeness (QED) is 0.433. The largest absolute Gasteiger partial charge is 0.357 e. The van der Waals surface area contributed by atoms with Crippen LogP contribution in [0.15, 0.2) is 23.5 Å². The molecule has 1 aromatic rings. The number of aliphatic imine (C=N–C) groups is 1. The van der Waals surface area contributed by atoms with Crippen molar-refractivity contribution < 1.29 is 0 Å². The molecule has 2 N–H and O–H groups in total. The van der Waals surface area contributed by atoms with Gasteiger partial charge in [0.2, 0.25) is 0 Å². The second-order valence-corrected chi connectivity index (χ2v) is 6.86. The van der Waals surface area contributed by atoms with E-state index in [9.17, 15) is 0 Å². The summed E-state index contributed by atoms with van der Waals surface area (Å²) in [5.41, 5.74) is 0. The molecule has 136 valence electrons. The first-order chi connectivity index (χ1) is 11.7. The molecule has 6 heteroatoms. The van der Waals surface area contributed by atoms with E-state index in [1.54, 1.807) is 0 Å². The Morgan fingerprint density at radius 3 is 3.00 bits per heavy atom. The van der Waals surface area contributed by atoms with Crippen molar-refractivity contribution in [1.29, 1.82) is 0 Å². The lowest BCUT2D eigenvalue weighted by Crippen LogP contribution is -2.43. The van der Waals surface area contributed by atoms with E-state index < -0.39 is 0 Å². The summed E-state index contributed by atoms with van der Waals surface area (Å²) in [6.45, 7) is 12.8. The summed E-state index contributed by atoms with van der Waals surface area (Å²) in [7, 11) is 0. The van der Waals surface area contributed by atoms with Gasteiger partial charge in [-0.25, -0.2) is 0 Å². The summed E-state index contributed by atoms with van der Waals surface area (Å²) in [6.07, 6.45) is 7.54. The summed E-state index contributed by atoms with van der Waals surface area (Å²) >= 11 is 0. The van der Waals surface area contributed by atoms with Crippen LogP contribution in [0, 0.1) is 5.92 Å². The maximum absolute atomic E-state index is 4.78. The monoisotopic (exact) mass is 334 g/mol. The molecular weight excluding hydrogens is 300 g/mol. The summed E-state index contributed by atoms with van der Waals surface area (Å²) in [5.74, 6) is 1.74. The highest BCUT2D eigenvalue weighted by Crippen LogP contribution is 2.17. The Labute approximate surface area is 146 Å². The van der Waals surface area contributed by atoms with Crippen LogP contribution >= 0.6 is 0 Å². The van der Waals surface area contributed by atoms with Crippen molar-refractivity contribution in [2.75, 3.05) is 32.7 Å². The van der Waals surface area contributed by atoms with Gasteiger partial charge in [-0.15, -0.1) is 0 Å². The predicted molar refractivity (Wildman–Crippen MR) is 100 cm³/mol. The number of rotatable bonds is 8. The lowest BCUT2D eigenvalue weighted by Gasteiger charge is -2.35. The predicted octanol–water partition coefficient (Wildman–Crippen LogP) is 1.95. The lowest BCUT2D eigenvalue weighted by molar-refractivity contribution is 0.142. The third-order valence-electron chi connectivity index (χ3n) is 4.59. The van der Waals surface area contributed by atoms with E-state index in [1.165, 1.54) is 25.9 Å². The molecule has 2 unspecified atom stereocenters. The normalized spacial score (nSPS) is 20.8. The van der Waals surface area contributed by atoms with Crippen molar-refractivity contribution in [3.8, 4) is 0 Å². The van der Waals surface area contributed by atoms with Gasteiger partial charge in [0, 0.05) is 44.6 Å². The molecule has 1 aliphatic heterocycles. The van der Waals surface area contributed by atoms with Crippen molar-refractivity contribution in [3.63, 3.8) is 0 Å². The summed E-state index contributed by atoms with van der Waals surface area (Å²) < 4.78 is 1.96. The van der Waals surface area contributed by atoms with Crippen LogP contribution in [0.4, 0.5) is 0 Å². The number of piperidine rings is 1. The molecular formula is C18H34N6. The van der Waals surface area contributed by atoms with Gasteiger partial charge in [-0.3, -0.25) is 14.6 Å². The van der Waals surface area contributed by atoms with Crippen LogP contribution in [0.1, 0.15) is 40.0 Å². The topological polar surface area (TPSA) is 57.5 Å². The molecule has 2 rings (SSSR count). The van der Waals surface area contributed by atoms with Gasteiger partial charge in [-0.2, -0.15) is 5.10 Å². The minimum atomic E-state index is 0.507. The third-order valence-corrected chi connectivity index (χ3v) is 4.59. The van der Waals surface area contributed by atoms with Crippen molar-refractivity contribution in [3.05, 3.63) is 18.5 Å². The zero-order valence-corrected chi connectivity index (χ0v) is 15.5. The Morgan fingerprint density at radius 1 is 1.42 bits per heavy atom. The van der Waals surface area contributed by atoms with Crippen molar-refractivity contribution in [1.82, 2.24) is 25.3 Å². The molecule has 24 heavy (non-hydrogen) atoms. The number of likely N-dealkylation sites (tertiary alicyclic amines) is 1. The number of hydrogen-bond donors (Lipinski definition) is 2. The molecule has 0 spiro atoms. The Hall–Kier alpha value is -1.56. The van der Waals surface area contributed by atoms with E-state index in [4.69, 9.17) is 4.99 Å². The molecule has 0 saturated carbocycles. The van der Waals surface area contributed by atoms with E-state index >= 15 is 0 Å². The van der Waals surface area contributed by atoms with Crippen LogP contribution < -0.4 is 10.6 Å². The first-order valence-corrected chi connectivity index (χ1v) is 9.42. The fourth-order valence-electron chi connectivity index (χ4n) is 3.19. The second kappa shape index (κ2) is 10.3. The van der Waals surface area contributed by atoms with Gasteiger partial charge in [-0.1, -0.05) is 6.92 Å². The Balaban J connectivity index is 1.72. The maximum Gasteiger partial charge on any atom is 0.191 e. The van der Waals surface area contributed by atoms with E-state index in [2.05, 4.69) is 41.4 Å². The minimum absolute atomic E-state index is 0.507. The number of nitrogens with zero attached hydrogens (tertiary/aromatic N) is 4. The zero-order chi connectivity index (χ0) is 17.2. The molecule has 0 amide bonds. The molecule has 0 aliphatic carbocycles. The molecule has 6 nitrogen and oxygen atoms in total. The molecule has 1 saturated heterocycles. The maximum atomic E-state index is 4.78. The first kappa shape index (κ1) is 18.8. The molecule has 1 aliphatic rings. The smallest absolute Gasteiger partial charge is 0.191 e. The minimum Gasteiger partial charge on any atom is -0.357 e. The molecule has 2 atom stereocenters. The summed E-state index contributed by atoms with van der Waals surface area (Å²) in [4.78, 5) is 7.36. The number of aryl methyl sites for hydroxylation is 1. The average Bonchev–Trinajstić information content (AvgIpc) is 3.09. The Bertz CT molecular complexity index is 470. The van der Waals surface area contributed by atoms with Gasteiger partial charge >= 0.3 is 0 Å². The van der Waals surface area contributed by atoms with Crippen molar-refractivity contribution in [2.24, 2.45) is 10.9 Å². The Morgan fingerprint density at radius 2 is 2.29 bits per heavy atom. The molecule has 1 fully saturated rings. The first-order valence-electron chi connectivity index (χ1n) is 9.42. The highest BCUT2D eigenvalue weighted by Gasteiger charge is 2.20. The van der Waals surface area contributed by atoms with Crippen LogP contribution in [-0.4, -0.2) is 59.4 Å². The standard InChI is InChI=1S/C18H34N6/c1-4-19-18(20-9-6-12-24-13-7-10-22-24)21-14-17(3)23-11-5-8-16(2)15-23/h7,10,13,16-17H,4-6,8-9,11-12,14-15H2,1-3H3,(H2,19,20,21). The SMILES string of the molecule is CCNC(=NCC(C)N1CCCC(C)C1)NCCCn1cccn1. The van der Waals surface area contributed by atoms with Gasteiger partial charge in [0.25, 0.3) is 0 Å². The number of guanidine groups is 1. The van der Waals surface area contributed by atoms with E-state index in [0.717, 1.165) is 44.5 Å². The molecule has 0 aromatic carbocycles. The van der Waals surface area contributed by atoms with E-state index in [1.807, 2.05) is 23.1 Å².